The average molecular weight is 292 g/mol. The molecule has 1 unspecified atom stereocenters. The summed E-state index contributed by atoms with van der Waals surface area (Å²) in [6.07, 6.45) is 0.614. The molecule has 0 aliphatic heterocycles. The van der Waals surface area contributed by atoms with Gasteiger partial charge < -0.3 is 15.5 Å². The molecule has 0 amide bonds. The van der Waals surface area contributed by atoms with Crippen LogP contribution in [0, 0.1) is 0 Å². The Balaban J connectivity index is 2.93. The Morgan fingerprint density at radius 2 is 1.89 bits per heavy atom. The molecule has 0 saturated carbocycles. The third-order valence-corrected chi connectivity index (χ3v) is 3.81. The summed E-state index contributed by atoms with van der Waals surface area (Å²) in [5.74, 6) is 0. The molecule has 0 saturated heterocycles. The predicted octanol–water partition coefficient (Wildman–Crippen LogP) is 2.78. The minimum Gasteiger partial charge on any atom is -0.394 e. The van der Waals surface area contributed by atoms with E-state index in [9.17, 15) is 10.2 Å². The summed E-state index contributed by atoms with van der Waals surface area (Å²) in [4.78, 5) is 0. The second kappa shape index (κ2) is 6.73. The Morgan fingerprint density at radius 3 is 2.39 bits per heavy atom. The van der Waals surface area contributed by atoms with Gasteiger partial charge in [0.2, 0.25) is 0 Å². The van der Waals surface area contributed by atoms with Crippen LogP contribution in [-0.2, 0) is 0 Å². The van der Waals surface area contributed by atoms with Crippen LogP contribution in [0.5, 0.6) is 0 Å². The first-order valence-corrected chi connectivity index (χ1v) is 6.68. The van der Waals surface area contributed by atoms with Crippen LogP contribution >= 0.6 is 23.2 Å². The van der Waals surface area contributed by atoms with E-state index in [4.69, 9.17) is 23.2 Å². The minimum atomic E-state index is -0.703. The largest absolute Gasteiger partial charge is 0.394 e. The van der Waals surface area contributed by atoms with E-state index in [2.05, 4.69) is 5.32 Å². The number of aliphatic hydroxyl groups is 2. The summed E-state index contributed by atoms with van der Waals surface area (Å²) in [5.41, 5.74) is 0.148. The van der Waals surface area contributed by atoms with E-state index in [1.165, 1.54) is 0 Å². The highest BCUT2D eigenvalue weighted by molar-refractivity contribution is 6.33. The Kier molecular flexibility index (Phi) is 5.89. The van der Waals surface area contributed by atoms with Crippen molar-refractivity contribution in [2.24, 2.45) is 0 Å². The van der Waals surface area contributed by atoms with E-state index >= 15 is 0 Å². The molecule has 0 aromatic heterocycles. The molecule has 3 N–H and O–H groups in total. The van der Waals surface area contributed by atoms with Gasteiger partial charge in [-0.05, 0) is 37.1 Å². The zero-order valence-corrected chi connectivity index (χ0v) is 12.1. The van der Waals surface area contributed by atoms with Gasteiger partial charge in [0.05, 0.1) is 18.8 Å². The second-order valence-electron chi connectivity index (χ2n) is 4.48. The van der Waals surface area contributed by atoms with Gasteiger partial charge in [0.1, 0.15) is 0 Å². The first-order valence-electron chi connectivity index (χ1n) is 5.92. The maximum Gasteiger partial charge on any atom is 0.0650 e. The number of benzene rings is 1. The predicted molar refractivity (Wildman–Crippen MR) is 75.2 cm³/mol. The molecule has 18 heavy (non-hydrogen) atoms. The first kappa shape index (κ1) is 15.7. The molecule has 5 heteroatoms. The summed E-state index contributed by atoms with van der Waals surface area (Å²) in [7, 11) is 0. The normalized spacial score (nSPS) is 13.7. The van der Waals surface area contributed by atoms with Crippen molar-refractivity contribution >= 4 is 23.2 Å². The van der Waals surface area contributed by atoms with Crippen molar-refractivity contribution in [1.82, 2.24) is 5.32 Å². The zero-order chi connectivity index (χ0) is 13.8. The van der Waals surface area contributed by atoms with E-state index in [-0.39, 0.29) is 19.3 Å². The van der Waals surface area contributed by atoms with Crippen molar-refractivity contribution in [2.45, 2.75) is 31.8 Å². The molecule has 0 heterocycles. The topological polar surface area (TPSA) is 52.5 Å². The Labute approximate surface area is 118 Å². The highest BCUT2D eigenvalue weighted by atomic mass is 35.5. The number of aliphatic hydroxyl groups excluding tert-OH is 2. The lowest BCUT2D eigenvalue weighted by Gasteiger charge is -2.33. The van der Waals surface area contributed by atoms with E-state index < -0.39 is 5.54 Å². The Morgan fingerprint density at radius 1 is 1.28 bits per heavy atom. The summed E-state index contributed by atoms with van der Waals surface area (Å²) in [6, 6.07) is 5.14. The van der Waals surface area contributed by atoms with Crippen molar-refractivity contribution in [2.75, 3.05) is 13.2 Å². The van der Waals surface area contributed by atoms with E-state index in [0.717, 1.165) is 5.56 Å². The molecular weight excluding hydrogens is 273 g/mol. The zero-order valence-electron chi connectivity index (χ0n) is 10.6. The lowest BCUT2D eigenvalue weighted by molar-refractivity contribution is 0.0793. The second-order valence-corrected chi connectivity index (χ2v) is 5.33. The third-order valence-electron chi connectivity index (χ3n) is 3.23. The van der Waals surface area contributed by atoms with E-state index in [1.54, 1.807) is 18.2 Å². The minimum absolute atomic E-state index is 0.115. The third kappa shape index (κ3) is 3.59. The molecule has 0 fully saturated rings. The van der Waals surface area contributed by atoms with Gasteiger partial charge in [0.15, 0.2) is 0 Å². The molecule has 0 radical (unpaired) electrons. The molecule has 0 spiro atoms. The quantitative estimate of drug-likeness (QED) is 0.755. The number of nitrogens with one attached hydrogen (secondary N) is 1. The molecule has 1 atom stereocenters. The van der Waals surface area contributed by atoms with Crippen molar-refractivity contribution in [3.05, 3.63) is 33.8 Å². The Bertz CT molecular complexity index is 386. The van der Waals surface area contributed by atoms with Gasteiger partial charge in [0, 0.05) is 16.1 Å². The fraction of sp³-hybridized carbons (Fsp3) is 0.538. The summed E-state index contributed by atoms with van der Waals surface area (Å²) < 4.78 is 0. The highest BCUT2D eigenvalue weighted by Crippen LogP contribution is 2.28. The average Bonchev–Trinajstić information content (AvgIpc) is 2.38. The smallest absolute Gasteiger partial charge is 0.0650 e. The molecule has 0 bridgehead atoms. The van der Waals surface area contributed by atoms with E-state index in [1.807, 2.05) is 13.8 Å². The van der Waals surface area contributed by atoms with Crippen LogP contribution in [0.4, 0.5) is 0 Å². The molecule has 1 rings (SSSR count). The number of hydrogen-bond acceptors (Lipinski definition) is 3. The van der Waals surface area contributed by atoms with Gasteiger partial charge in [-0.25, -0.2) is 0 Å². The monoisotopic (exact) mass is 291 g/mol. The fourth-order valence-electron chi connectivity index (χ4n) is 1.85. The van der Waals surface area contributed by atoms with Gasteiger partial charge >= 0.3 is 0 Å². The standard InChI is InChI=1S/C13H19Cl2NO2/c1-3-13(7-17,8-18)16-9(2)11-6-10(14)4-5-12(11)15/h4-6,9,16-18H,3,7-8H2,1-2H3. The molecule has 0 aliphatic rings. The highest BCUT2D eigenvalue weighted by Gasteiger charge is 2.28. The molecule has 102 valence electrons. The number of rotatable bonds is 6. The summed E-state index contributed by atoms with van der Waals surface area (Å²) >= 11 is 12.1. The molecular formula is C13H19Cl2NO2. The molecule has 1 aromatic rings. The fourth-order valence-corrected chi connectivity index (χ4v) is 2.31. The lowest BCUT2D eigenvalue weighted by Crippen LogP contribution is -2.52. The van der Waals surface area contributed by atoms with Crippen molar-refractivity contribution in [3.63, 3.8) is 0 Å². The maximum atomic E-state index is 9.41. The SMILES string of the molecule is CCC(CO)(CO)NC(C)c1cc(Cl)ccc1Cl. The van der Waals surface area contributed by atoms with Crippen LogP contribution in [0.15, 0.2) is 18.2 Å². The van der Waals surface area contributed by atoms with Crippen LogP contribution in [0.25, 0.3) is 0 Å². The summed E-state index contributed by atoms with van der Waals surface area (Å²) in [6.45, 7) is 3.56. The van der Waals surface area contributed by atoms with E-state index in [0.29, 0.717) is 16.5 Å². The van der Waals surface area contributed by atoms with Crippen molar-refractivity contribution in [3.8, 4) is 0 Å². The molecule has 3 nitrogen and oxygen atoms in total. The molecule has 1 aromatic carbocycles. The van der Waals surface area contributed by atoms with Gasteiger partial charge in [-0.3, -0.25) is 0 Å². The molecule has 0 aliphatic carbocycles. The van der Waals surface area contributed by atoms with Gasteiger partial charge in [-0.15, -0.1) is 0 Å². The Hall–Kier alpha value is -0.320. The number of hydrogen-bond donors (Lipinski definition) is 3. The van der Waals surface area contributed by atoms with Gasteiger partial charge in [-0.2, -0.15) is 0 Å². The van der Waals surface area contributed by atoms with Crippen LogP contribution in [0.1, 0.15) is 31.9 Å². The maximum absolute atomic E-state index is 9.41. The lowest BCUT2D eigenvalue weighted by atomic mass is 9.95. The van der Waals surface area contributed by atoms with Crippen LogP contribution in [0.3, 0.4) is 0 Å². The number of halogens is 2. The van der Waals surface area contributed by atoms with Crippen molar-refractivity contribution < 1.29 is 10.2 Å². The van der Waals surface area contributed by atoms with Crippen LogP contribution in [-0.4, -0.2) is 29.0 Å². The van der Waals surface area contributed by atoms with Gasteiger partial charge in [0.25, 0.3) is 0 Å². The van der Waals surface area contributed by atoms with Crippen molar-refractivity contribution in [1.29, 1.82) is 0 Å². The van der Waals surface area contributed by atoms with Gasteiger partial charge in [-0.1, -0.05) is 30.1 Å². The van der Waals surface area contributed by atoms with Crippen LogP contribution < -0.4 is 5.32 Å². The van der Waals surface area contributed by atoms with Crippen LogP contribution in [0.2, 0.25) is 10.0 Å². The summed E-state index contributed by atoms with van der Waals surface area (Å²) in [5, 5.41) is 23.3. The first-order chi connectivity index (χ1) is 8.48.